The SMILES string of the molecule is CC/C=C\C/C=C\C/C=C\C/C=C\C/C=C\C/C=C\C/C=C\C/C=C\CCCCCCCCCCCCC(=O)OCC(COC(=O)CCCCCCC/C=C\CCC)OC(=O)CCCCCCCCCCC/C=C\C/C=C\CCCCC. The number of ether oxygens (including phenoxy) is 3. The Morgan fingerprint density at radius 2 is 0.500 bits per heavy atom. The highest BCUT2D eigenvalue weighted by molar-refractivity contribution is 5.71. The summed E-state index contributed by atoms with van der Waals surface area (Å²) in [6, 6.07) is 0. The predicted octanol–water partition coefficient (Wildman–Crippen LogP) is 23.7. The first-order valence-electron chi connectivity index (χ1n) is 34.2. The summed E-state index contributed by atoms with van der Waals surface area (Å²) in [6.07, 6.45) is 97.6. The zero-order valence-electron chi connectivity index (χ0n) is 53.5. The van der Waals surface area contributed by atoms with E-state index in [4.69, 9.17) is 14.2 Å². The van der Waals surface area contributed by atoms with Crippen LogP contribution in [0.5, 0.6) is 0 Å². The third-order valence-corrected chi connectivity index (χ3v) is 14.3. The van der Waals surface area contributed by atoms with Crippen LogP contribution >= 0.6 is 0 Å². The highest BCUT2D eigenvalue weighted by atomic mass is 16.6. The molecule has 0 saturated heterocycles. The summed E-state index contributed by atoms with van der Waals surface area (Å²) in [5.74, 6) is -0.900. The molecular weight excluding hydrogens is 1010 g/mol. The van der Waals surface area contributed by atoms with Gasteiger partial charge in [-0.1, -0.05) is 289 Å². The van der Waals surface area contributed by atoms with Gasteiger partial charge in [0.25, 0.3) is 0 Å². The lowest BCUT2D eigenvalue weighted by Gasteiger charge is -2.18. The molecule has 0 fully saturated rings. The van der Waals surface area contributed by atoms with E-state index >= 15 is 0 Å². The van der Waals surface area contributed by atoms with Crippen LogP contribution in [0.15, 0.2) is 134 Å². The Kier molecular flexibility index (Phi) is 65.3. The van der Waals surface area contributed by atoms with Crippen LogP contribution in [0.3, 0.4) is 0 Å². The summed E-state index contributed by atoms with van der Waals surface area (Å²) in [5, 5.41) is 0. The number of allylic oxidation sites excluding steroid dienone is 22. The molecule has 0 aromatic rings. The van der Waals surface area contributed by atoms with Gasteiger partial charge in [0.15, 0.2) is 6.10 Å². The number of carbonyl (C=O) groups is 3. The minimum absolute atomic E-state index is 0.0860. The van der Waals surface area contributed by atoms with Gasteiger partial charge in [0.2, 0.25) is 0 Å². The van der Waals surface area contributed by atoms with Gasteiger partial charge in [-0.15, -0.1) is 0 Å². The largest absolute Gasteiger partial charge is 0.462 e. The summed E-state index contributed by atoms with van der Waals surface area (Å²) in [6.45, 7) is 6.44. The second kappa shape index (κ2) is 69.0. The zero-order valence-corrected chi connectivity index (χ0v) is 53.5. The van der Waals surface area contributed by atoms with E-state index in [1.165, 1.54) is 135 Å². The van der Waals surface area contributed by atoms with Gasteiger partial charge in [0, 0.05) is 19.3 Å². The Morgan fingerprint density at radius 3 is 0.805 bits per heavy atom. The van der Waals surface area contributed by atoms with Crippen molar-refractivity contribution in [1.29, 1.82) is 0 Å². The smallest absolute Gasteiger partial charge is 0.306 e. The molecule has 0 amide bonds. The lowest BCUT2D eigenvalue weighted by atomic mass is 10.1. The van der Waals surface area contributed by atoms with E-state index in [0.29, 0.717) is 19.3 Å². The van der Waals surface area contributed by atoms with Crippen molar-refractivity contribution in [2.45, 2.75) is 316 Å². The summed E-state index contributed by atoms with van der Waals surface area (Å²) in [5.41, 5.74) is 0. The van der Waals surface area contributed by atoms with Gasteiger partial charge < -0.3 is 14.2 Å². The van der Waals surface area contributed by atoms with Crippen molar-refractivity contribution in [3.8, 4) is 0 Å². The number of hydrogen-bond donors (Lipinski definition) is 0. The summed E-state index contributed by atoms with van der Waals surface area (Å²) >= 11 is 0. The van der Waals surface area contributed by atoms with Crippen molar-refractivity contribution in [3.05, 3.63) is 134 Å². The van der Waals surface area contributed by atoms with Crippen LogP contribution in [0, 0.1) is 0 Å². The fourth-order valence-electron chi connectivity index (χ4n) is 9.26. The van der Waals surface area contributed by atoms with Crippen molar-refractivity contribution in [1.82, 2.24) is 0 Å². The molecule has 82 heavy (non-hydrogen) atoms. The van der Waals surface area contributed by atoms with Crippen molar-refractivity contribution < 1.29 is 28.6 Å². The molecule has 0 aromatic heterocycles. The third-order valence-electron chi connectivity index (χ3n) is 14.3. The maximum absolute atomic E-state index is 12.9. The topological polar surface area (TPSA) is 78.9 Å². The van der Waals surface area contributed by atoms with Crippen LogP contribution in [0.2, 0.25) is 0 Å². The van der Waals surface area contributed by atoms with Crippen LogP contribution in [0.4, 0.5) is 0 Å². The molecule has 0 heterocycles. The molecule has 0 aliphatic heterocycles. The molecule has 6 nitrogen and oxygen atoms in total. The molecule has 0 radical (unpaired) electrons. The Labute approximate surface area is 506 Å². The van der Waals surface area contributed by atoms with Crippen LogP contribution in [0.25, 0.3) is 0 Å². The molecule has 466 valence electrons. The second-order valence-corrected chi connectivity index (χ2v) is 22.3. The van der Waals surface area contributed by atoms with E-state index in [-0.39, 0.29) is 31.1 Å². The molecule has 0 aromatic carbocycles. The van der Waals surface area contributed by atoms with Crippen LogP contribution < -0.4 is 0 Å². The molecule has 0 rings (SSSR count). The predicted molar refractivity (Wildman–Crippen MR) is 357 cm³/mol. The Balaban J connectivity index is 4.20. The van der Waals surface area contributed by atoms with Crippen molar-refractivity contribution in [2.75, 3.05) is 13.2 Å². The number of esters is 3. The normalized spacial score (nSPS) is 13.0. The van der Waals surface area contributed by atoms with E-state index in [2.05, 4.69) is 154 Å². The lowest BCUT2D eigenvalue weighted by molar-refractivity contribution is -0.167. The zero-order chi connectivity index (χ0) is 59.2. The molecule has 0 saturated carbocycles. The summed E-state index contributed by atoms with van der Waals surface area (Å²) < 4.78 is 16.9. The highest BCUT2D eigenvalue weighted by Gasteiger charge is 2.19. The van der Waals surface area contributed by atoms with Gasteiger partial charge in [-0.05, 0) is 135 Å². The number of hydrogen-bond acceptors (Lipinski definition) is 6. The van der Waals surface area contributed by atoms with Crippen LogP contribution in [-0.4, -0.2) is 37.2 Å². The first-order chi connectivity index (χ1) is 40.5. The minimum atomic E-state index is -0.789. The van der Waals surface area contributed by atoms with Crippen molar-refractivity contribution in [2.24, 2.45) is 0 Å². The van der Waals surface area contributed by atoms with Gasteiger partial charge in [-0.2, -0.15) is 0 Å². The maximum atomic E-state index is 12.9. The van der Waals surface area contributed by atoms with E-state index in [9.17, 15) is 14.4 Å². The molecule has 6 heteroatoms. The summed E-state index contributed by atoms with van der Waals surface area (Å²) in [7, 11) is 0. The molecule has 0 N–H and O–H groups in total. The monoisotopic (exact) mass is 1130 g/mol. The average Bonchev–Trinajstić information content (AvgIpc) is 3.48. The fraction of sp³-hybridized carbons (Fsp3) is 0.671. The van der Waals surface area contributed by atoms with E-state index < -0.39 is 6.10 Å². The van der Waals surface area contributed by atoms with E-state index in [0.717, 1.165) is 135 Å². The molecule has 1 atom stereocenters. The van der Waals surface area contributed by atoms with Crippen molar-refractivity contribution in [3.63, 3.8) is 0 Å². The summed E-state index contributed by atoms with van der Waals surface area (Å²) in [4.78, 5) is 38.3. The third kappa shape index (κ3) is 66.4. The van der Waals surface area contributed by atoms with Gasteiger partial charge in [-0.25, -0.2) is 0 Å². The van der Waals surface area contributed by atoms with Crippen molar-refractivity contribution >= 4 is 17.9 Å². The Hall–Kier alpha value is -4.45. The van der Waals surface area contributed by atoms with E-state index in [1.54, 1.807) is 0 Å². The quantitative estimate of drug-likeness (QED) is 0.0261. The average molecular weight is 1140 g/mol. The Morgan fingerprint density at radius 1 is 0.256 bits per heavy atom. The first kappa shape index (κ1) is 77.5. The highest BCUT2D eigenvalue weighted by Crippen LogP contribution is 2.16. The number of rotatable bonds is 61. The van der Waals surface area contributed by atoms with Gasteiger partial charge >= 0.3 is 17.9 Å². The maximum Gasteiger partial charge on any atom is 0.306 e. The number of carbonyl (C=O) groups excluding carboxylic acids is 3. The first-order valence-corrected chi connectivity index (χ1v) is 34.2. The standard InChI is InChI=1S/C76H126O6/c1-4-7-10-13-16-19-22-24-26-28-30-31-32-33-34-35-36-37-38-39-40-41-42-43-44-45-47-48-50-52-54-57-60-63-66-69-75(78)81-72-73(71-80-74(77)68-65-62-59-56-21-18-15-12-9-6-3)82-76(79)70-67-64-61-58-55-53-51-49-46-29-27-25-23-20-17-14-11-8-5-2/h7,10,12,15-17,19-20,24-27,30-31,33-34,36-37,39-40,42-43,73H,4-6,8-9,11,13-14,18,21-23,28-29,32,35,38,41,44-72H2,1-3H3/b10-7-,15-12-,19-16-,20-17-,26-24-,27-25-,31-30-,34-33-,37-36-,40-39-,43-42-. The molecule has 0 spiro atoms. The lowest BCUT2D eigenvalue weighted by Crippen LogP contribution is -2.30. The second-order valence-electron chi connectivity index (χ2n) is 22.3. The van der Waals surface area contributed by atoms with Crippen LogP contribution in [-0.2, 0) is 28.6 Å². The molecular formula is C76H126O6. The van der Waals surface area contributed by atoms with Gasteiger partial charge in [0.05, 0.1) is 0 Å². The van der Waals surface area contributed by atoms with Gasteiger partial charge in [0.1, 0.15) is 13.2 Å². The Bertz CT molecular complexity index is 1730. The molecule has 0 aliphatic rings. The number of unbranched alkanes of at least 4 members (excludes halogenated alkanes) is 28. The molecule has 0 bridgehead atoms. The minimum Gasteiger partial charge on any atom is -0.462 e. The van der Waals surface area contributed by atoms with E-state index in [1.807, 2.05) is 0 Å². The van der Waals surface area contributed by atoms with Gasteiger partial charge in [-0.3, -0.25) is 14.4 Å². The van der Waals surface area contributed by atoms with Crippen LogP contribution in [0.1, 0.15) is 310 Å². The molecule has 1 unspecified atom stereocenters. The fourth-order valence-corrected chi connectivity index (χ4v) is 9.26. The molecule has 0 aliphatic carbocycles.